The molecule has 0 atom stereocenters. The number of aromatic carboxylic acids is 1. The number of hydrogen-bond acceptors (Lipinski definition) is 1. The minimum absolute atomic E-state index is 0.141. The minimum atomic E-state index is -0.953. The summed E-state index contributed by atoms with van der Waals surface area (Å²) in [7, 11) is 0. The summed E-state index contributed by atoms with van der Waals surface area (Å²) in [6.07, 6.45) is 0. The van der Waals surface area contributed by atoms with Gasteiger partial charge in [-0.1, -0.05) is 27.8 Å². The van der Waals surface area contributed by atoms with Crippen molar-refractivity contribution in [2.75, 3.05) is 0 Å². The Labute approximate surface area is 104 Å². The molecule has 0 saturated carbocycles. The topological polar surface area (TPSA) is 37.3 Å². The van der Waals surface area contributed by atoms with Gasteiger partial charge in [-0.05, 0) is 39.0 Å². The molecule has 0 amide bonds. The fraction of sp³-hybridized carbons (Fsp3) is 0.308. The molecule has 0 unspecified atom stereocenters. The first-order valence-electron chi connectivity index (χ1n) is 4.85. The maximum atomic E-state index is 11.0. The molecule has 1 N–H and O–H groups in total. The maximum Gasteiger partial charge on any atom is 0.336 e. The molecule has 84 valence electrons. The van der Waals surface area contributed by atoms with E-state index in [1.54, 1.807) is 18.2 Å². The lowest BCUT2D eigenvalue weighted by atomic mass is 9.97. The Morgan fingerprint density at radius 3 is 2.50 bits per heavy atom. The van der Waals surface area contributed by atoms with Gasteiger partial charge in [-0.3, -0.25) is 0 Å². The van der Waals surface area contributed by atoms with E-state index in [2.05, 4.69) is 27.8 Å². The van der Waals surface area contributed by atoms with Gasteiger partial charge in [0.05, 0.1) is 5.56 Å². The van der Waals surface area contributed by atoms with Crippen molar-refractivity contribution in [3.63, 3.8) is 0 Å². The van der Waals surface area contributed by atoms with Crippen LogP contribution in [0.2, 0.25) is 0 Å². The molecule has 0 aliphatic heterocycles. The van der Waals surface area contributed by atoms with Crippen LogP contribution in [-0.2, 0) is 0 Å². The van der Waals surface area contributed by atoms with E-state index in [0.29, 0.717) is 5.56 Å². The summed E-state index contributed by atoms with van der Waals surface area (Å²) in [6, 6.07) is 4.98. The molecule has 3 heteroatoms. The summed E-state index contributed by atoms with van der Waals surface area (Å²) in [4.78, 5) is 11.0. The van der Waals surface area contributed by atoms with Crippen molar-refractivity contribution < 1.29 is 9.90 Å². The molecule has 0 aliphatic rings. The number of benzene rings is 1. The average Bonchev–Trinajstić information content (AvgIpc) is 2.13. The molecular formula is C13H13BrO2. The molecule has 0 heterocycles. The summed E-state index contributed by atoms with van der Waals surface area (Å²) in [5.41, 5.74) is 0.634. The van der Waals surface area contributed by atoms with Crippen molar-refractivity contribution in [3.05, 3.63) is 33.8 Å². The predicted octanol–water partition coefficient (Wildman–Crippen LogP) is 3.54. The molecule has 2 nitrogen and oxygen atoms in total. The Hall–Kier alpha value is -1.27. The Morgan fingerprint density at radius 1 is 1.38 bits per heavy atom. The minimum Gasteiger partial charge on any atom is -0.478 e. The lowest BCUT2D eigenvalue weighted by Gasteiger charge is -2.07. The zero-order chi connectivity index (χ0) is 12.3. The second-order valence-corrected chi connectivity index (χ2v) is 5.41. The van der Waals surface area contributed by atoms with Crippen LogP contribution in [0.25, 0.3) is 0 Å². The third-order valence-electron chi connectivity index (χ3n) is 1.78. The third kappa shape index (κ3) is 3.71. The quantitative estimate of drug-likeness (QED) is 0.799. The van der Waals surface area contributed by atoms with Crippen LogP contribution in [0.4, 0.5) is 0 Å². The van der Waals surface area contributed by atoms with Gasteiger partial charge in [0.1, 0.15) is 0 Å². The van der Waals surface area contributed by atoms with Gasteiger partial charge in [-0.25, -0.2) is 4.79 Å². The van der Waals surface area contributed by atoms with Crippen LogP contribution in [0.1, 0.15) is 36.7 Å². The monoisotopic (exact) mass is 280 g/mol. The van der Waals surface area contributed by atoms with Crippen LogP contribution in [-0.4, -0.2) is 11.1 Å². The van der Waals surface area contributed by atoms with Gasteiger partial charge in [0.25, 0.3) is 0 Å². The van der Waals surface area contributed by atoms with Gasteiger partial charge in [0.2, 0.25) is 0 Å². The first-order valence-corrected chi connectivity index (χ1v) is 5.65. The molecule has 1 rings (SSSR count). The summed E-state index contributed by atoms with van der Waals surface area (Å²) in [6.45, 7) is 5.95. The predicted molar refractivity (Wildman–Crippen MR) is 67.4 cm³/mol. The molecule has 16 heavy (non-hydrogen) atoms. The van der Waals surface area contributed by atoms with Crippen molar-refractivity contribution in [2.24, 2.45) is 5.41 Å². The molecule has 1 aromatic rings. The SMILES string of the molecule is CC(C)(C)C#Cc1cc(Br)ccc1C(=O)O. The normalized spacial score (nSPS) is 10.5. The van der Waals surface area contributed by atoms with Crippen LogP contribution in [0.5, 0.6) is 0 Å². The second-order valence-electron chi connectivity index (χ2n) is 4.50. The van der Waals surface area contributed by atoms with E-state index in [-0.39, 0.29) is 11.0 Å². The molecule has 1 aromatic carbocycles. The highest BCUT2D eigenvalue weighted by molar-refractivity contribution is 9.10. The van der Waals surface area contributed by atoms with E-state index in [4.69, 9.17) is 5.11 Å². The number of carbonyl (C=O) groups is 1. The van der Waals surface area contributed by atoms with Gasteiger partial charge in [0.15, 0.2) is 0 Å². The second kappa shape index (κ2) is 4.71. The highest BCUT2D eigenvalue weighted by atomic mass is 79.9. The van der Waals surface area contributed by atoms with Gasteiger partial charge >= 0.3 is 5.97 Å². The Kier molecular flexibility index (Phi) is 3.77. The summed E-state index contributed by atoms with van der Waals surface area (Å²) in [5.74, 6) is 4.99. The van der Waals surface area contributed by atoms with E-state index < -0.39 is 5.97 Å². The van der Waals surface area contributed by atoms with E-state index in [1.807, 2.05) is 20.8 Å². The number of carboxylic acids is 1. The Balaban J connectivity index is 3.24. The Bertz CT molecular complexity index is 473. The molecule has 0 saturated heterocycles. The Morgan fingerprint density at radius 2 is 2.00 bits per heavy atom. The fourth-order valence-corrected chi connectivity index (χ4v) is 1.42. The van der Waals surface area contributed by atoms with Gasteiger partial charge < -0.3 is 5.11 Å². The zero-order valence-electron chi connectivity index (χ0n) is 9.47. The number of carboxylic acid groups (broad SMARTS) is 1. The third-order valence-corrected chi connectivity index (χ3v) is 2.28. The molecular weight excluding hydrogens is 268 g/mol. The first-order chi connectivity index (χ1) is 7.29. The van der Waals surface area contributed by atoms with Gasteiger partial charge in [0, 0.05) is 15.5 Å². The smallest absolute Gasteiger partial charge is 0.336 e. The van der Waals surface area contributed by atoms with Crippen molar-refractivity contribution >= 4 is 21.9 Å². The molecule has 0 radical (unpaired) electrons. The maximum absolute atomic E-state index is 11.0. The van der Waals surface area contributed by atoms with Crippen LogP contribution < -0.4 is 0 Å². The summed E-state index contributed by atoms with van der Waals surface area (Å²) < 4.78 is 0.829. The van der Waals surface area contributed by atoms with Crippen LogP contribution in [0.15, 0.2) is 22.7 Å². The highest BCUT2D eigenvalue weighted by Crippen LogP contribution is 2.17. The molecule has 0 aliphatic carbocycles. The lowest BCUT2D eigenvalue weighted by molar-refractivity contribution is 0.0696. The first kappa shape index (κ1) is 12.8. The van der Waals surface area contributed by atoms with E-state index in [9.17, 15) is 4.79 Å². The fourth-order valence-electron chi connectivity index (χ4n) is 1.06. The number of hydrogen-bond donors (Lipinski definition) is 1. The summed E-state index contributed by atoms with van der Waals surface area (Å²) in [5, 5.41) is 9.00. The molecule has 0 fully saturated rings. The van der Waals surface area contributed by atoms with Crippen molar-refractivity contribution in [2.45, 2.75) is 20.8 Å². The number of rotatable bonds is 1. The van der Waals surface area contributed by atoms with E-state index >= 15 is 0 Å². The zero-order valence-corrected chi connectivity index (χ0v) is 11.1. The van der Waals surface area contributed by atoms with E-state index in [0.717, 1.165) is 4.47 Å². The number of halogens is 1. The summed E-state index contributed by atoms with van der Waals surface area (Å²) >= 11 is 3.31. The van der Waals surface area contributed by atoms with Crippen LogP contribution in [0, 0.1) is 17.3 Å². The molecule has 0 bridgehead atoms. The largest absolute Gasteiger partial charge is 0.478 e. The van der Waals surface area contributed by atoms with Crippen molar-refractivity contribution in [1.29, 1.82) is 0 Å². The standard InChI is InChI=1S/C13H13BrO2/c1-13(2,3)7-6-9-8-10(14)4-5-11(9)12(15)16/h4-5,8H,1-3H3,(H,15,16). The van der Waals surface area contributed by atoms with Crippen molar-refractivity contribution in [1.82, 2.24) is 0 Å². The molecule has 0 spiro atoms. The van der Waals surface area contributed by atoms with Gasteiger partial charge in [-0.15, -0.1) is 0 Å². The lowest BCUT2D eigenvalue weighted by Crippen LogP contribution is -2.02. The molecule has 0 aromatic heterocycles. The van der Waals surface area contributed by atoms with E-state index in [1.165, 1.54) is 0 Å². The van der Waals surface area contributed by atoms with Crippen LogP contribution >= 0.6 is 15.9 Å². The van der Waals surface area contributed by atoms with Crippen molar-refractivity contribution in [3.8, 4) is 11.8 Å². The average molecular weight is 281 g/mol. The van der Waals surface area contributed by atoms with Crippen LogP contribution in [0.3, 0.4) is 0 Å². The highest BCUT2D eigenvalue weighted by Gasteiger charge is 2.09. The van der Waals surface area contributed by atoms with Gasteiger partial charge in [-0.2, -0.15) is 0 Å².